The zero-order valence-corrected chi connectivity index (χ0v) is 14.5. The number of thiophene rings is 1. The minimum atomic E-state index is -0.160. The van der Waals surface area contributed by atoms with Gasteiger partial charge in [-0.2, -0.15) is 0 Å². The number of rotatable bonds is 2. The Hall–Kier alpha value is -1.40. The van der Waals surface area contributed by atoms with E-state index in [-0.39, 0.29) is 11.3 Å². The van der Waals surface area contributed by atoms with Crippen LogP contribution in [0.15, 0.2) is 29.0 Å². The van der Waals surface area contributed by atoms with Crippen molar-refractivity contribution < 1.29 is 4.79 Å². The predicted octanol–water partition coefficient (Wildman–Crippen LogP) is 3.46. The molecular weight excluding hydrogens is 350 g/mol. The molecule has 2 aromatic heterocycles. The first kappa shape index (κ1) is 14.5. The summed E-state index contributed by atoms with van der Waals surface area (Å²) in [4.78, 5) is 18.4. The Kier molecular flexibility index (Phi) is 3.53. The van der Waals surface area contributed by atoms with Crippen molar-refractivity contribution in [1.82, 2.24) is 14.9 Å². The molecule has 1 unspecified atom stereocenters. The summed E-state index contributed by atoms with van der Waals surface area (Å²) in [7, 11) is 0. The SMILES string of the molecule is CC(=O)NC1=CC(C)(c2ccc(C)s2)Cn2c(Br)cnc21. The number of hydrogen-bond acceptors (Lipinski definition) is 3. The van der Waals surface area contributed by atoms with Gasteiger partial charge in [0, 0.05) is 28.6 Å². The topological polar surface area (TPSA) is 46.9 Å². The van der Waals surface area contributed by atoms with Crippen LogP contribution in [0.5, 0.6) is 0 Å². The minimum absolute atomic E-state index is 0.0847. The van der Waals surface area contributed by atoms with Gasteiger partial charge in [-0.1, -0.05) is 0 Å². The van der Waals surface area contributed by atoms with Gasteiger partial charge in [-0.15, -0.1) is 11.3 Å². The van der Waals surface area contributed by atoms with Crippen molar-refractivity contribution in [3.05, 3.63) is 44.6 Å². The second kappa shape index (κ2) is 5.10. The molecule has 110 valence electrons. The van der Waals surface area contributed by atoms with Gasteiger partial charge in [-0.05, 0) is 48.0 Å². The number of amides is 1. The van der Waals surface area contributed by atoms with Crippen molar-refractivity contribution in [3.63, 3.8) is 0 Å². The van der Waals surface area contributed by atoms with Crippen LogP contribution in [0.25, 0.3) is 5.70 Å². The second-order valence-electron chi connectivity index (χ2n) is 5.56. The lowest BCUT2D eigenvalue weighted by Gasteiger charge is -2.32. The van der Waals surface area contributed by atoms with Gasteiger partial charge in [-0.3, -0.25) is 4.79 Å². The molecule has 0 aliphatic carbocycles. The van der Waals surface area contributed by atoms with Crippen LogP contribution in [0.4, 0.5) is 0 Å². The quantitative estimate of drug-likeness (QED) is 0.885. The van der Waals surface area contributed by atoms with E-state index in [1.807, 2.05) is 0 Å². The minimum Gasteiger partial charge on any atom is -0.323 e. The summed E-state index contributed by atoms with van der Waals surface area (Å²) in [6, 6.07) is 4.30. The first-order valence-corrected chi connectivity index (χ1v) is 8.29. The molecule has 0 saturated heterocycles. The number of allylic oxidation sites excluding steroid dienone is 1. The van der Waals surface area contributed by atoms with E-state index in [1.165, 1.54) is 16.7 Å². The molecule has 21 heavy (non-hydrogen) atoms. The van der Waals surface area contributed by atoms with Gasteiger partial charge in [0.25, 0.3) is 0 Å². The van der Waals surface area contributed by atoms with Crippen LogP contribution >= 0.6 is 27.3 Å². The number of hydrogen-bond donors (Lipinski definition) is 1. The van der Waals surface area contributed by atoms with Crippen molar-refractivity contribution >= 4 is 38.9 Å². The van der Waals surface area contributed by atoms with E-state index in [0.717, 1.165) is 22.7 Å². The highest BCUT2D eigenvalue weighted by molar-refractivity contribution is 9.10. The number of carbonyl (C=O) groups excluding carboxylic acids is 1. The third-order valence-corrected chi connectivity index (χ3v) is 5.52. The fourth-order valence-electron chi connectivity index (χ4n) is 2.65. The summed E-state index contributed by atoms with van der Waals surface area (Å²) >= 11 is 5.33. The van der Waals surface area contributed by atoms with Gasteiger partial charge < -0.3 is 9.88 Å². The van der Waals surface area contributed by atoms with Crippen LogP contribution in [0, 0.1) is 6.92 Å². The van der Waals surface area contributed by atoms with Crippen molar-refractivity contribution in [3.8, 4) is 0 Å². The Morgan fingerprint density at radius 3 is 2.90 bits per heavy atom. The van der Waals surface area contributed by atoms with Gasteiger partial charge >= 0.3 is 0 Å². The lowest BCUT2D eigenvalue weighted by Crippen LogP contribution is -2.34. The summed E-state index contributed by atoms with van der Waals surface area (Å²) in [5, 5.41) is 2.91. The average molecular weight is 366 g/mol. The fourth-order valence-corrected chi connectivity index (χ4v) is 4.02. The molecule has 0 saturated carbocycles. The zero-order valence-electron chi connectivity index (χ0n) is 12.1. The Morgan fingerprint density at radius 2 is 2.29 bits per heavy atom. The van der Waals surface area contributed by atoms with Crippen molar-refractivity contribution in [1.29, 1.82) is 0 Å². The molecule has 1 amide bonds. The molecule has 4 nitrogen and oxygen atoms in total. The number of aromatic nitrogens is 2. The van der Waals surface area contributed by atoms with Crippen molar-refractivity contribution in [2.45, 2.75) is 32.7 Å². The van der Waals surface area contributed by atoms with E-state index < -0.39 is 0 Å². The first-order valence-electron chi connectivity index (χ1n) is 6.68. The Labute approximate surface area is 136 Å². The number of aryl methyl sites for hydroxylation is 1. The molecule has 0 bridgehead atoms. The maximum Gasteiger partial charge on any atom is 0.221 e. The molecule has 0 spiro atoms. The molecule has 1 N–H and O–H groups in total. The third kappa shape index (κ3) is 2.58. The van der Waals surface area contributed by atoms with Crippen molar-refractivity contribution in [2.24, 2.45) is 0 Å². The largest absolute Gasteiger partial charge is 0.323 e. The van der Waals surface area contributed by atoms with Crippen molar-refractivity contribution in [2.75, 3.05) is 0 Å². The third-order valence-electron chi connectivity index (χ3n) is 3.61. The van der Waals surface area contributed by atoms with Gasteiger partial charge in [0.2, 0.25) is 5.91 Å². The number of halogens is 1. The van der Waals surface area contributed by atoms with E-state index in [0.29, 0.717) is 0 Å². The van der Waals surface area contributed by atoms with Crippen LogP contribution in [-0.4, -0.2) is 15.5 Å². The molecule has 2 aromatic rings. The Morgan fingerprint density at radius 1 is 1.52 bits per heavy atom. The van der Waals surface area contributed by atoms with Gasteiger partial charge in [-0.25, -0.2) is 4.98 Å². The van der Waals surface area contributed by atoms with Crippen LogP contribution < -0.4 is 5.32 Å². The molecule has 6 heteroatoms. The maximum atomic E-state index is 11.5. The second-order valence-corrected chi connectivity index (χ2v) is 7.66. The number of nitrogens with one attached hydrogen (secondary N) is 1. The van der Waals surface area contributed by atoms with E-state index in [1.54, 1.807) is 17.5 Å². The highest BCUT2D eigenvalue weighted by Crippen LogP contribution is 2.39. The smallest absolute Gasteiger partial charge is 0.221 e. The highest BCUT2D eigenvalue weighted by atomic mass is 79.9. The standard InChI is InChI=1S/C15H16BrN3OS/c1-9-4-5-12(21-9)15(3)6-11(18-10(2)20)14-17-7-13(16)19(14)8-15/h4-7H,8H2,1-3H3,(H,18,20). The lowest BCUT2D eigenvalue weighted by atomic mass is 9.85. The van der Waals surface area contributed by atoms with Crippen LogP contribution in [0.3, 0.4) is 0 Å². The molecule has 0 fully saturated rings. The Bertz CT molecular complexity index is 746. The number of carbonyl (C=O) groups is 1. The number of fused-ring (bicyclic) bond motifs is 1. The summed E-state index contributed by atoms with van der Waals surface area (Å²) in [5.74, 6) is 0.710. The van der Waals surface area contributed by atoms with E-state index >= 15 is 0 Å². The van der Waals surface area contributed by atoms with Gasteiger partial charge in [0.15, 0.2) is 5.82 Å². The molecule has 1 aliphatic heterocycles. The molecule has 3 rings (SSSR count). The summed E-state index contributed by atoms with van der Waals surface area (Å²) in [5.41, 5.74) is 0.612. The number of imidazole rings is 1. The predicted molar refractivity (Wildman–Crippen MR) is 88.1 cm³/mol. The molecular formula is C15H16BrN3OS. The Balaban J connectivity index is 2.12. The molecule has 0 radical (unpaired) electrons. The van der Waals surface area contributed by atoms with Gasteiger partial charge in [0.05, 0.1) is 11.9 Å². The van der Waals surface area contributed by atoms with Crippen LogP contribution in [0.1, 0.15) is 29.4 Å². The first-order chi connectivity index (χ1) is 9.89. The highest BCUT2D eigenvalue weighted by Gasteiger charge is 2.34. The summed E-state index contributed by atoms with van der Waals surface area (Å²) in [6.07, 6.45) is 3.89. The summed E-state index contributed by atoms with van der Waals surface area (Å²) < 4.78 is 3.02. The van der Waals surface area contributed by atoms with E-state index in [4.69, 9.17) is 0 Å². The zero-order chi connectivity index (χ0) is 15.2. The normalized spacial score (nSPS) is 20.9. The lowest BCUT2D eigenvalue weighted by molar-refractivity contribution is -0.117. The van der Waals surface area contributed by atoms with E-state index in [2.05, 4.69) is 62.9 Å². The fraction of sp³-hybridized carbons (Fsp3) is 0.333. The molecule has 1 atom stereocenters. The molecule has 0 aromatic carbocycles. The van der Waals surface area contributed by atoms with Crippen LogP contribution in [0.2, 0.25) is 0 Å². The molecule has 1 aliphatic rings. The summed E-state index contributed by atoms with van der Waals surface area (Å²) in [6.45, 7) is 6.61. The van der Waals surface area contributed by atoms with E-state index in [9.17, 15) is 4.79 Å². The van der Waals surface area contributed by atoms with Crippen LogP contribution in [-0.2, 0) is 16.8 Å². The maximum absolute atomic E-state index is 11.5. The molecule has 3 heterocycles. The van der Waals surface area contributed by atoms with Gasteiger partial charge in [0.1, 0.15) is 4.60 Å². The monoisotopic (exact) mass is 365 g/mol. The number of nitrogens with zero attached hydrogens (tertiary/aromatic N) is 2. The average Bonchev–Trinajstić information content (AvgIpc) is 2.97.